The van der Waals surface area contributed by atoms with Gasteiger partial charge in [-0.25, -0.2) is 4.79 Å². The van der Waals surface area contributed by atoms with Crippen molar-refractivity contribution in [2.24, 2.45) is 0 Å². The maximum atomic E-state index is 12.0. The van der Waals surface area contributed by atoms with Crippen molar-refractivity contribution in [3.63, 3.8) is 0 Å². The minimum Gasteiger partial charge on any atom is -0.480 e. The van der Waals surface area contributed by atoms with Crippen molar-refractivity contribution in [3.05, 3.63) is 20.8 Å². The predicted octanol–water partition coefficient (Wildman–Crippen LogP) is 3.74. The van der Waals surface area contributed by atoms with Crippen LogP contribution in [0.15, 0.2) is 15.9 Å². The lowest BCUT2D eigenvalue weighted by Gasteiger charge is -2.34. The standard InChI is InChI=1S/C15H20BrNO3S/c16-12-8-7-11(21-12)5-4-6-13(18)17-15(14(19)20)9-2-1-3-10-15/h7-8H,1-6,9-10H2,(H,17,18)(H,19,20). The Morgan fingerprint density at radius 1 is 1.29 bits per heavy atom. The number of carbonyl (C=O) groups excluding carboxylic acids is 1. The summed E-state index contributed by atoms with van der Waals surface area (Å²) in [6.07, 6.45) is 5.87. The van der Waals surface area contributed by atoms with Gasteiger partial charge in [0.15, 0.2) is 0 Å². The molecule has 1 saturated carbocycles. The molecule has 1 aromatic rings. The molecule has 2 rings (SSSR count). The molecule has 21 heavy (non-hydrogen) atoms. The normalized spacial score (nSPS) is 17.4. The monoisotopic (exact) mass is 373 g/mol. The van der Waals surface area contributed by atoms with Gasteiger partial charge >= 0.3 is 5.97 Å². The van der Waals surface area contributed by atoms with E-state index in [1.165, 1.54) is 4.88 Å². The molecular weight excluding hydrogens is 354 g/mol. The Morgan fingerprint density at radius 3 is 2.57 bits per heavy atom. The molecule has 1 heterocycles. The Balaban J connectivity index is 1.81. The highest BCUT2D eigenvalue weighted by atomic mass is 79.9. The molecule has 1 fully saturated rings. The number of hydrogen-bond donors (Lipinski definition) is 2. The summed E-state index contributed by atoms with van der Waals surface area (Å²) in [5, 5.41) is 12.2. The second-order valence-corrected chi connectivity index (χ2v) is 8.10. The molecule has 0 atom stereocenters. The van der Waals surface area contributed by atoms with Gasteiger partial charge in [-0.15, -0.1) is 11.3 Å². The third-order valence-corrected chi connectivity index (χ3v) is 5.63. The minimum absolute atomic E-state index is 0.144. The van der Waals surface area contributed by atoms with Crippen molar-refractivity contribution >= 4 is 39.1 Å². The summed E-state index contributed by atoms with van der Waals surface area (Å²) >= 11 is 5.09. The molecule has 2 N–H and O–H groups in total. The number of aliphatic carboxylic acids is 1. The summed E-state index contributed by atoms with van der Waals surface area (Å²) in [5.74, 6) is -1.03. The lowest BCUT2D eigenvalue weighted by Crippen LogP contribution is -2.55. The molecule has 0 radical (unpaired) electrons. The van der Waals surface area contributed by atoms with Crippen molar-refractivity contribution in [1.82, 2.24) is 5.32 Å². The van der Waals surface area contributed by atoms with E-state index in [1.807, 2.05) is 12.1 Å². The lowest BCUT2D eigenvalue weighted by molar-refractivity contribution is -0.149. The van der Waals surface area contributed by atoms with Crippen molar-refractivity contribution in [2.75, 3.05) is 0 Å². The summed E-state index contributed by atoms with van der Waals surface area (Å²) in [6.45, 7) is 0. The summed E-state index contributed by atoms with van der Waals surface area (Å²) < 4.78 is 1.09. The molecule has 0 aliphatic heterocycles. The van der Waals surface area contributed by atoms with Crippen molar-refractivity contribution < 1.29 is 14.7 Å². The zero-order valence-corrected chi connectivity index (χ0v) is 14.3. The lowest BCUT2D eigenvalue weighted by atomic mass is 9.81. The summed E-state index contributed by atoms with van der Waals surface area (Å²) in [7, 11) is 0. The van der Waals surface area contributed by atoms with Gasteiger partial charge in [-0.1, -0.05) is 19.3 Å². The van der Waals surface area contributed by atoms with Gasteiger partial charge in [0.05, 0.1) is 3.79 Å². The van der Waals surface area contributed by atoms with Gasteiger partial charge in [-0.05, 0) is 53.7 Å². The van der Waals surface area contributed by atoms with E-state index in [-0.39, 0.29) is 5.91 Å². The molecule has 116 valence electrons. The molecular formula is C15H20BrNO3S. The third-order valence-electron chi connectivity index (χ3n) is 3.95. The number of aryl methyl sites for hydroxylation is 1. The first kappa shape index (κ1) is 16.5. The van der Waals surface area contributed by atoms with E-state index in [0.717, 1.165) is 35.9 Å². The Hall–Kier alpha value is -0.880. The maximum Gasteiger partial charge on any atom is 0.329 e. The van der Waals surface area contributed by atoms with Gasteiger partial charge < -0.3 is 10.4 Å². The van der Waals surface area contributed by atoms with Crippen LogP contribution in [0, 0.1) is 0 Å². The Morgan fingerprint density at radius 2 is 2.00 bits per heavy atom. The average molecular weight is 374 g/mol. The fourth-order valence-electron chi connectivity index (χ4n) is 2.79. The zero-order valence-electron chi connectivity index (χ0n) is 11.9. The molecule has 0 saturated heterocycles. The van der Waals surface area contributed by atoms with Gasteiger partial charge in [0.2, 0.25) is 5.91 Å². The van der Waals surface area contributed by atoms with E-state index >= 15 is 0 Å². The number of thiophene rings is 1. The van der Waals surface area contributed by atoms with Crippen molar-refractivity contribution in [2.45, 2.75) is 56.9 Å². The number of halogens is 1. The van der Waals surface area contributed by atoms with Gasteiger partial charge in [0.1, 0.15) is 5.54 Å². The number of amides is 1. The van der Waals surface area contributed by atoms with E-state index < -0.39 is 11.5 Å². The number of carboxylic acid groups (broad SMARTS) is 1. The maximum absolute atomic E-state index is 12.0. The number of rotatable bonds is 6. The zero-order chi connectivity index (χ0) is 15.3. The van der Waals surface area contributed by atoms with Crippen LogP contribution in [0.2, 0.25) is 0 Å². The molecule has 0 bridgehead atoms. The smallest absolute Gasteiger partial charge is 0.329 e. The summed E-state index contributed by atoms with van der Waals surface area (Å²) in [6, 6.07) is 4.05. The first-order valence-electron chi connectivity index (χ1n) is 7.30. The molecule has 1 aromatic heterocycles. The van der Waals surface area contributed by atoms with Crippen LogP contribution in [0.25, 0.3) is 0 Å². The van der Waals surface area contributed by atoms with E-state index in [4.69, 9.17) is 0 Å². The summed E-state index contributed by atoms with van der Waals surface area (Å²) in [5.41, 5.74) is -1.03. The molecule has 4 nitrogen and oxygen atoms in total. The second kappa shape index (κ2) is 7.40. The van der Waals surface area contributed by atoms with Crippen LogP contribution in [0.1, 0.15) is 49.8 Å². The van der Waals surface area contributed by atoms with E-state index in [9.17, 15) is 14.7 Å². The minimum atomic E-state index is -1.03. The molecule has 0 aromatic carbocycles. The fraction of sp³-hybridized carbons (Fsp3) is 0.600. The third kappa shape index (κ3) is 4.54. The number of nitrogens with one attached hydrogen (secondary N) is 1. The molecule has 1 aliphatic carbocycles. The highest BCUT2D eigenvalue weighted by molar-refractivity contribution is 9.11. The second-order valence-electron chi connectivity index (χ2n) is 5.56. The van der Waals surface area contributed by atoms with Crippen LogP contribution in [-0.4, -0.2) is 22.5 Å². The van der Waals surface area contributed by atoms with Crippen LogP contribution in [-0.2, 0) is 16.0 Å². The topological polar surface area (TPSA) is 66.4 Å². The largest absolute Gasteiger partial charge is 0.480 e. The highest BCUT2D eigenvalue weighted by Gasteiger charge is 2.40. The number of hydrogen-bond acceptors (Lipinski definition) is 3. The fourth-order valence-corrected chi connectivity index (χ4v) is 4.31. The first-order chi connectivity index (χ1) is 10.0. The predicted molar refractivity (Wildman–Crippen MR) is 86.6 cm³/mol. The van der Waals surface area contributed by atoms with E-state index in [2.05, 4.69) is 21.2 Å². The van der Waals surface area contributed by atoms with E-state index in [1.54, 1.807) is 11.3 Å². The Kier molecular flexibility index (Phi) is 5.81. The van der Waals surface area contributed by atoms with Crippen LogP contribution in [0.4, 0.5) is 0 Å². The van der Waals surface area contributed by atoms with E-state index in [0.29, 0.717) is 19.3 Å². The highest BCUT2D eigenvalue weighted by Crippen LogP contribution is 2.29. The quantitative estimate of drug-likeness (QED) is 0.797. The number of carboxylic acids is 1. The van der Waals surface area contributed by atoms with Gasteiger partial charge in [-0.3, -0.25) is 4.79 Å². The van der Waals surface area contributed by atoms with Gasteiger partial charge in [-0.2, -0.15) is 0 Å². The van der Waals surface area contributed by atoms with Crippen molar-refractivity contribution in [1.29, 1.82) is 0 Å². The first-order valence-corrected chi connectivity index (χ1v) is 8.91. The molecule has 0 unspecified atom stereocenters. The van der Waals surface area contributed by atoms with Gasteiger partial charge in [0.25, 0.3) is 0 Å². The summed E-state index contributed by atoms with van der Waals surface area (Å²) in [4.78, 5) is 24.8. The molecule has 1 amide bonds. The molecule has 0 spiro atoms. The van der Waals surface area contributed by atoms with Crippen molar-refractivity contribution in [3.8, 4) is 0 Å². The Labute approximate surface area is 137 Å². The van der Waals surface area contributed by atoms with Crippen LogP contribution in [0.5, 0.6) is 0 Å². The van der Waals surface area contributed by atoms with Crippen LogP contribution in [0.3, 0.4) is 0 Å². The van der Waals surface area contributed by atoms with Crippen LogP contribution < -0.4 is 5.32 Å². The van der Waals surface area contributed by atoms with Gasteiger partial charge in [0, 0.05) is 11.3 Å². The van der Waals surface area contributed by atoms with Crippen LogP contribution >= 0.6 is 27.3 Å². The molecule has 6 heteroatoms. The number of carbonyl (C=O) groups is 2. The SMILES string of the molecule is O=C(CCCc1ccc(Br)s1)NC1(C(=O)O)CCCCC1. The Bertz CT molecular complexity index is 509. The molecule has 1 aliphatic rings. The average Bonchev–Trinajstić information content (AvgIpc) is 2.85.